The van der Waals surface area contributed by atoms with Gasteiger partial charge in [-0.3, -0.25) is 4.79 Å². The van der Waals surface area contributed by atoms with E-state index in [0.29, 0.717) is 11.5 Å². The van der Waals surface area contributed by atoms with Crippen LogP contribution in [0.25, 0.3) is 5.69 Å². The molecule has 0 saturated carbocycles. The number of rotatable bonds is 6. The minimum Gasteiger partial charge on any atom is -0.326 e. The summed E-state index contributed by atoms with van der Waals surface area (Å²) in [4.78, 5) is 11.1. The van der Waals surface area contributed by atoms with E-state index in [1.54, 1.807) is 0 Å². The number of para-hydroxylation sites is 1. The van der Waals surface area contributed by atoms with Crippen molar-refractivity contribution in [2.24, 2.45) is 0 Å². The van der Waals surface area contributed by atoms with Crippen molar-refractivity contribution in [1.29, 1.82) is 0 Å². The summed E-state index contributed by atoms with van der Waals surface area (Å²) < 4.78 is 28.8. The molecule has 134 valence electrons. The predicted octanol–water partition coefficient (Wildman–Crippen LogP) is 1.10. The number of anilines is 1. The van der Waals surface area contributed by atoms with Gasteiger partial charge >= 0.3 is 0 Å². The molecule has 0 radical (unpaired) electrons. The van der Waals surface area contributed by atoms with Gasteiger partial charge in [0.25, 0.3) is 0 Å². The van der Waals surface area contributed by atoms with Gasteiger partial charge < -0.3 is 5.32 Å². The number of aromatic nitrogens is 4. The van der Waals surface area contributed by atoms with Crippen molar-refractivity contribution in [1.82, 2.24) is 24.9 Å². The van der Waals surface area contributed by atoms with Crippen LogP contribution in [-0.4, -0.2) is 34.5 Å². The highest BCUT2D eigenvalue weighted by atomic mass is 32.2. The number of nitrogens with one attached hydrogen (secondary N) is 2. The van der Waals surface area contributed by atoms with Crippen LogP contribution < -0.4 is 10.0 Å². The molecule has 10 heteroatoms. The van der Waals surface area contributed by atoms with Gasteiger partial charge in [0.15, 0.2) is 5.82 Å². The van der Waals surface area contributed by atoms with Crippen LogP contribution in [0.2, 0.25) is 0 Å². The molecular formula is C16H16N6O3S. The molecule has 0 spiro atoms. The summed E-state index contributed by atoms with van der Waals surface area (Å²) in [7, 11) is -3.75. The summed E-state index contributed by atoms with van der Waals surface area (Å²) in [6.45, 7) is 1.31. The van der Waals surface area contributed by atoms with Crippen LogP contribution in [0.15, 0.2) is 59.5 Å². The highest BCUT2D eigenvalue weighted by Gasteiger charge is 2.16. The van der Waals surface area contributed by atoms with Crippen molar-refractivity contribution in [2.45, 2.75) is 18.4 Å². The molecule has 3 aromatic rings. The fourth-order valence-electron chi connectivity index (χ4n) is 2.25. The Hall–Kier alpha value is -3.11. The Morgan fingerprint density at radius 1 is 1.08 bits per heavy atom. The maximum Gasteiger partial charge on any atom is 0.240 e. The smallest absolute Gasteiger partial charge is 0.240 e. The minimum atomic E-state index is -3.75. The number of tetrazole rings is 1. The van der Waals surface area contributed by atoms with E-state index in [4.69, 9.17) is 0 Å². The minimum absolute atomic E-state index is 0.0718. The average molecular weight is 372 g/mol. The molecule has 0 aliphatic heterocycles. The fourth-order valence-corrected chi connectivity index (χ4v) is 3.23. The van der Waals surface area contributed by atoms with Crippen LogP contribution in [0.1, 0.15) is 12.7 Å². The predicted molar refractivity (Wildman–Crippen MR) is 93.9 cm³/mol. The molecule has 0 unspecified atom stereocenters. The lowest BCUT2D eigenvalue weighted by atomic mass is 10.3. The Kier molecular flexibility index (Phi) is 5.05. The number of hydrogen-bond acceptors (Lipinski definition) is 6. The molecule has 1 amide bonds. The third-order valence-electron chi connectivity index (χ3n) is 3.44. The molecule has 0 aliphatic rings. The summed E-state index contributed by atoms with van der Waals surface area (Å²) in [5.41, 5.74) is 1.25. The molecule has 0 atom stereocenters. The van der Waals surface area contributed by atoms with Crippen LogP contribution in [0.4, 0.5) is 5.69 Å². The Bertz CT molecular complexity index is 1000. The Morgan fingerprint density at radius 2 is 1.77 bits per heavy atom. The zero-order valence-electron chi connectivity index (χ0n) is 13.8. The zero-order chi connectivity index (χ0) is 18.6. The normalized spacial score (nSPS) is 11.3. The summed E-state index contributed by atoms with van der Waals surface area (Å²) in [6, 6.07) is 15.0. The van der Waals surface area contributed by atoms with Crippen molar-refractivity contribution in [3.63, 3.8) is 0 Å². The summed E-state index contributed by atoms with van der Waals surface area (Å²) in [5, 5.41) is 13.9. The van der Waals surface area contributed by atoms with Crippen molar-refractivity contribution < 1.29 is 13.2 Å². The largest absolute Gasteiger partial charge is 0.326 e. The first-order chi connectivity index (χ1) is 12.5. The SMILES string of the molecule is CC(=O)Nc1ccc(S(=O)(=O)NCc2nnnn2-c2ccccc2)cc1. The summed E-state index contributed by atoms with van der Waals surface area (Å²) in [5.74, 6) is 0.126. The number of benzene rings is 2. The summed E-state index contributed by atoms with van der Waals surface area (Å²) in [6.07, 6.45) is 0. The summed E-state index contributed by atoms with van der Waals surface area (Å²) >= 11 is 0. The van der Waals surface area contributed by atoms with E-state index in [-0.39, 0.29) is 17.3 Å². The van der Waals surface area contributed by atoms with E-state index in [1.165, 1.54) is 35.9 Å². The van der Waals surface area contributed by atoms with E-state index in [1.807, 2.05) is 30.3 Å². The topological polar surface area (TPSA) is 119 Å². The van der Waals surface area contributed by atoms with E-state index >= 15 is 0 Å². The quantitative estimate of drug-likeness (QED) is 0.669. The first-order valence-corrected chi connectivity index (χ1v) is 9.14. The van der Waals surface area contributed by atoms with Gasteiger partial charge in [-0.1, -0.05) is 18.2 Å². The lowest BCUT2D eigenvalue weighted by Crippen LogP contribution is -2.25. The molecule has 0 saturated heterocycles. The van der Waals surface area contributed by atoms with E-state index in [2.05, 4.69) is 25.6 Å². The van der Waals surface area contributed by atoms with Crippen LogP contribution in [0, 0.1) is 0 Å². The number of amides is 1. The van der Waals surface area contributed by atoms with Gasteiger partial charge in [0.1, 0.15) is 0 Å². The number of carbonyl (C=O) groups is 1. The average Bonchev–Trinajstić information content (AvgIpc) is 3.09. The number of sulfonamides is 1. The lowest BCUT2D eigenvalue weighted by molar-refractivity contribution is -0.114. The molecule has 1 aromatic heterocycles. The first kappa shape index (κ1) is 17.7. The lowest BCUT2D eigenvalue weighted by Gasteiger charge is -2.08. The van der Waals surface area contributed by atoms with Gasteiger partial charge in [-0.05, 0) is 46.8 Å². The van der Waals surface area contributed by atoms with Gasteiger partial charge in [-0.15, -0.1) is 5.10 Å². The Labute approximate surface area is 150 Å². The van der Waals surface area contributed by atoms with Gasteiger partial charge in [-0.25, -0.2) is 13.1 Å². The molecule has 2 N–H and O–H groups in total. The van der Waals surface area contributed by atoms with Crippen molar-refractivity contribution in [3.05, 3.63) is 60.4 Å². The molecule has 0 fully saturated rings. The maximum absolute atomic E-state index is 12.4. The van der Waals surface area contributed by atoms with Gasteiger partial charge in [0, 0.05) is 12.6 Å². The third kappa shape index (κ3) is 4.10. The van der Waals surface area contributed by atoms with Crippen molar-refractivity contribution >= 4 is 21.6 Å². The van der Waals surface area contributed by atoms with Crippen LogP contribution in [0.3, 0.4) is 0 Å². The molecular weight excluding hydrogens is 356 g/mol. The highest BCUT2D eigenvalue weighted by molar-refractivity contribution is 7.89. The van der Waals surface area contributed by atoms with E-state index < -0.39 is 10.0 Å². The Balaban J connectivity index is 1.73. The fraction of sp³-hybridized carbons (Fsp3) is 0.125. The second-order valence-corrected chi connectivity index (χ2v) is 7.14. The number of carbonyl (C=O) groups excluding carboxylic acids is 1. The van der Waals surface area contributed by atoms with Crippen molar-refractivity contribution in [2.75, 3.05) is 5.32 Å². The van der Waals surface area contributed by atoms with E-state index in [9.17, 15) is 13.2 Å². The van der Waals surface area contributed by atoms with Crippen LogP contribution >= 0.6 is 0 Å². The molecule has 3 rings (SSSR count). The zero-order valence-corrected chi connectivity index (χ0v) is 14.6. The highest BCUT2D eigenvalue weighted by Crippen LogP contribution is 2.14. The van der Waals surface area contributed by atoms with Gasteiger partial charge in [0.2, 0.25) is 15.9 Å². The molecule has 0 aliphatic carbocycles. The standard InChI is InChI=1S/C16H16N6O3S/c1-12(23)18-13-7-9-15(10-8-13)26(24,25)17-11-16-19-20-21-22(16)14-5-3-2-4-6-14/h2-10,17H,11H2,1H3,(H,18,23). The van der Waals surface area contributed by atoms with E-state index in [0.717, 1.165) is 5.69 Å². The van der Waals surface area contributed by atoms with Gasteiger partial charge in [-0.2, -0.15) is 4.68 Å². The number of hydrogen-bond donors (Lipinski definition) is 2. The third-order valence-corrected chi connectivity index (χ3v) is 4.86. The molecule has 26 heavy (non-hydrogen) atoms. The monoisotopic (exact) mass is 372 g/mol. The van der Waals surface area contributed by atoms with Crippen molar-refractivity contribution in [3.8, 4) is 5.69 Å². The molecule has 2 aromatic carbocycles. The Morgan fingerprint density at radius 3 is 2.42 bits per heavy atom. The second-order valence-electron chi connectivity index (χ2n) is 5.37. The maximum atomic E-state index is 12.4. The van der Waals surface area contributed by atoms with Crippen LogP contribution in [0.5, 0.6) is 0 Å². The van der Waals surface area contributed by atoms with Gasteiger partial charge in [0.05, 0.1) is 17.1 Å². The second kappa shape index (κ2) is 7.42. The number of nitrogens with zero attached hydrogens (tertiary/aromatic N) is 4. The first-order valence-electron chi connectivity index (χ1n) is 7.66. The molecule has 1 heterocycles. The molecule has 0 bridgehead atoms. The molecule has 9 nitrogen and oxygen atoms in total. The van der Waals surface area contributed by atoms with Crippen LogP contribution in [-0.2, 0) is 21.4 Å².